The molecule has 0 aromatic rings. The predicted octanol–water partition coefficient (Wildman–Crippen LogP) is 3.81. The van der Waals surface area contributed by atoms with Gasteiger partial charge in [-0.1, -0.05) is 46.0 Å². The molecule has 0 bridgehead atoms. The molecule has 0 N–H and O–H groups in total. The maximum absolute atomic E-state index is 3.82. The van der Waals surface area contributed by atoms with Gasteiger partial charge in [-0.2, -0.15) is 6.42 Å². The van der Waals surface area contributed by atoms with Gasteiger partial charge in [0.15, 0.2) is 0 Å². The van der Waals surface area contributed by atoms with E-state index in [2.05, 4.69) is 20.8 Å². The Morgan fingerprint density at radius 1 is 1.00 bits per heavy atom. The van der Waals surface area contributed by atoms with Gasteiger partial charge in [-0.3, -0.25) is 0 Å². The maximum Gasteiger partial charge on any atom is 0 e. The Kier molecular flexibility index (Phi) is 14.3. The normalized spacial score (nSPS) is 9.82. The number of rotatable bonds is 6. The standard InChI is InChI=1S/C10H21.Zr/c1-4-5-6-7-8-9-10(2)3;/h10H,1,4-9H2,2-3H3;/q-1;. The van der Waals surface area contributed by atoms with Crippen LogP contribution in [0.1, 0.15) is 52.4 Å². The molecular formula is C10H21Zr-. The van der Waals surface area contributed by atoms with Crippen molar-refractivity contribution in [1.29, 1.82) is 0 Å². The Morgan fingerprint density at radius 2 is 1.55 bits per heavy atom. The van der Waals surface area contributed by atoms with Gasteiger partial charge in [0.2, 0.25) is 0 Å². The van der Waals surface area contributed by atoms with Crippen LogP contribution in [0.15, 0.2) is 0 Å². The molecular weight excluding hydrogens is 211 g/mol. The number of hydrogen-bond acceptors (Lipinski definition) is 0. The average molecular weight is 233 g/mol. The molecule has 66 valence electrons. The van der Waals surface area contributed by atoms with E-state index < -0.39 is 0 Å². The van der Waals surface area contributed by atoms with Crippen molar-refractivity contribution in [2.45, 2.75) is 52.4 Å². The molecule has 0 amide bonds. The van der Waals surface area contributed by atoms with Crippen molar-refractivity contribution in [2.75, 3.05) is 0 Å². The van der Waals surface area contributed by atoms with Gasteiger partial charge in [0.05, 0.1) is 0 Å². The minimum atomic E-state index is 0. The van der Waals surface area contributed by atoms with Gasteiger partial charge in [0.1, 0.15) is 0 Å². The molecule has 0 fully saturated rings. The third-order valence-corrected chi connectivity index (χ3v) is 1.78. The zero-order chi connectivity index (χ0) is 7.82. The number of unbranched alkanes of at least 4 members (excludes halogenated alkanes) is 4. The first-order valence-corrected chi connectivity index (χ1v) is 4.56. The molecule has 0 unspecified atom stereocenters. The molecule has 0 atom stereocenters. The molecule has 0 spiro atoms. The topological polar surface area (TPSA) is 0 Å². The third-order valence-electron chi connectivity index (χ3n) is 1.78. The molecule has 1 heteroatoms. The molecule has 0 saturated heterocycles. The van der Waals surface area contributed by atoms with E-state index in [1.165, 1.54) is 32.1 Å². The number of hydrogen-bond donors (Lipinski definition) is 0. The van der Waals surface area contributed by atoms with E-state index in [0.29, 0.717) is 0 Å². The molecule has 0 nitrogen and oxygen atoms in total. The van der Waals surface area contributed by atoms with E-state index in [-0.39, 0.29) is 26.2 Å². The summed E-state index contributed by atoms with van der Waals surface area (Å²) in [5.74, 6) is 0.889. The first-order chi connectivity index (χ1) is 4.77. The van der Waals surface area contributed by atoms with E-state index in [1.54, 1.807) is 0 Å². The molecule has 0 aliphatic rings. The Morgan fingerprint density at radius 3 is 2.00 bits per heavy atom. The Bertz CT molecular complexity index is 59.9. The first kappa shape index (κ1) is 14.4. The van der Waals surface area contributed by atoms with Crippen molar-refractivity contribution >= 4 is 0 Å². The van der Waals surface area contributed by atoms with Crippen molar-refractivity contribution in [3.63, 3.8) is 0 Å². The van der Waals surface area contributed by atoms with Crippen LogP contribution >= 0.6 is 0 Å². The van der Waals surface area contributed by atoms with Crippen molar-refractivity contribution in [1.82, 2.24) is 0 Å². The van der Waals surface area contributed by atoms with Gasteiger partial charge < -0.3 is 6.92 Å². The van der Waals surface area contributed by atoms with Crippen LogP contribution in [-0.4, -0.2) is 0 Å². The van der Waals surface area contributed by atoms with Crippen LogP contribution in [0, 0.1) is 12.8 Å². The molecule has 0 aliphatic carbocycles. The maximum atomic E-state index is 3.82. The Hall–Kier alpha value is 0.883. The predicted molar refractivity (Wildman–Crippen MR) is 47.9 cm³/mol. The molecule has 0 radical (unpaired) electrons. The second kappa shape index (κ2) is 10.9. The second-order valence-electron chi connectivity index (χ2n) is 3.45. The molecule has 0 heterocycles. The van der Waals surface area contributed by atoms with Gasteiger partial charge in [-0.15, -0.1) is 0 Å². The van der Waals surface area contributed by atoms with Crippen molar-refractivity contribution < 1.29 is 26.2 Å². The summed E-state index contributed by atoms with van der Waals surface area (Å²) in [6.07, 6.45) is 8.04. The second-order valence-corrected chi connectivity index (χ2v) is 3.45. The first-order valence-electron chi connectivity index (χ1n) is 4.56. The largest absolute Gasteiger partial charge is 0.343 e. The van der Waals surface area contributed by atoms with Gasteiger partial charge in [-0.05, 0) is 5.92 Å². The summed E-state index contributed by atoms with van der Waals surface area (Å²) in [6.45, 7) is 8.40. The summed E-state index contributed by atoms with van der Waals surface area (Å²) in [5, 5.41) is 0. The van der Waals surface area contributed by atoms with Crippen LogP contribution in [0.2, 0.25) is 0 Å². The van der Waals surface area contributed by atoms with Gasteiger partial charge in [0.25, 0.3) is 0 Å². The molecule has 0 aromatic carbocycles. The van der Waals surface area contributed by atoms with E-state index in [1.807, 2.05) is 0 Å². The summed E-state index contributed by atoms with van der Waals surface area (Å²) >= 11 is 0. The van der Waals surface area contributed by atoms with Crippen LogP contribution in [0.4, 0.5) is 0 Å². The summed E-state index contributed by atoms with van der Waals surface area (Å²) < 4.78 is 0. The molecule has 0 aromatic heterocycles. The average Bonchev–Trinajstić information content (AvgIpc) is 1.87. The van der Waals surface area contributed by atoms with E-state index >= 15 is 0 Å². The van der Waals surface area contributed by atoms with E-state index in [0.717, 1.165) is 12.3 Å². The van der Waals surface area contributed by atoms with Crippen LogP contribution < -0.4 is 0 Å². The smallest absolute Gasteiger partial charge is 0 e. The van der Waals surface area contributed by atoms with Crippen molar-refractivity contribution in [3.05, 3.63) is 6.92 Å². The Labute approximate surface area is 91.3 Å². The molecule has 0 saturated carbocycles. The van der Waals surface area contributed by atoms with Gasteiger partial charge >= 0.3 is 0 Å². The zero-order valence-electron chi connectivity index (χ0n) is 8.03. The van der Waals surface area contributed by atoms with Gasteiger partial charge in [0, 0.05) is 26.2 Å². The fourth-order valence-electron chi connectivity index (χ4n) is 1.08. The van der Waals surface area contributed by atoms with E-state index in [9.17, 15) is 0 Å². The third kappa shape index (κ3) is 13.8. The van der Waals surface area contributed by atoms with Gasteiger partial charge in [-0.25, -0.2) is 0 Å². The summed E-state index contributed by atoms with van der Waals surface area (Å²) in [4.78, 5) is 0. The van der Waals surface area contributed by atoms with Crippen LogP contribution in [0.3, 0.4) is 0 Å². The summed E-state index contributed by atoms with van der Waals surface area (Å²) in [7, 11) is 0. The monoisotopic (exact) mass is 231 g/mol. The minimum Gasteiger partial charge on any atom is -0.343 e. The summed E-state index contributed by atoms with van der Waals surface area (Å²) in [6, 6.07) is 0. The zero-order valence-corrected chi connectivity index (χ0v) is 10.5. The van der Waals surface area contributed by atoms with Crippen LogP contribution in [-0.2, 0) is 26.2 Å². The fraction of sp³-hybridized carbons (Fsp3) is 0.900. The summed E-state index contributed by atoms with van der Waals surface area (Å²) in [5.41, 5.74) is 0. The SMILES string of the molecule is [CH2-]CCCCCCC(C)C.[Zr]. The molecule has 0 rings (SSSR count). The fourth-order valence-corrected chi connectivity index (χ4v) is 1.08. The molecule has 11 heavy (non-hydrogen) atoms. The minimum absolute atomic E-state index is 0. The van der Waals surface area contributed by atoms with Crippen LogP contribution in [0.5, 0.6) is 0 Å². The quantitative estimate of drug-likeness (QED) is 0.482. The van der Waals surface area contributed by atoms with Crippen LogP contribution in [0.25, 0.3) is 0 Å². The molecule has 0 aliphatic heterocycles. The van der Waals surface area contributed by atoms with Crippen molar-refractivity contribution in [3.8, 4) is 0 Å². The van der Waals surface area contributed by atoms with Crippen molar-refractivity contribution in [2.24, 2.45) is 5.92 Å². The van der Waals surface area contributed by atoms with E-state index in [4.69, 9.17) is 0 Å². The Balaban J connectivity index is 0.